The Balaban J connectivity index is 1.97. The molecule has 5 nitrogen and oxygen atoms in total. The Labute approximate surface area is 197 Å². The van der Waals surface area contributed by atoms with Crippen molar-refractivity contribution in [2.24, 2.45) is 5.41 Å². The number of aliphatic hydroxyl groups excluding tert-OH is 1. The van der Waals surface area contributed by atoms with E-state index in [9.17, 15) is 32.2 Å². The monoisotopic (exact) mass is 503 g/mol. The molecule has 3 N–H and O–H groups in total. The molecule has 1 aromatic heterocycles. The zero-order valence-electron chi connectivity index (χ0n) is 18.7. The summed E-state index contributed by atoms with van der Waals surface area (Å²) in [6.07, 6.45) is -5.71. The van der Waals surface area contributed by atoms with Gasteiger partial charge < -0.3 is 15.5 Å². The SMILES string of the molecule is Cc1ncc2c(NC3C4=CC(C)(Cl)C(F)C(O)=C4C(C)(C)CC3(O)C(F)(F)F)ccc(F)c2n1. The van der Waals surface area contributed by atoms with Gasteiger partial charge in [0.25, 0.3) is 0 Å². The highest BCUT2D eigenvalue weighted by Crippen LogP contribution is 2.57. The first-order valence-electron chi connectivity index (χ1n) is 10.5. The number of benzene rings is 1. The van der Waals surface area contributed by atoms with E-state index in [4.69, 9.17) is 11.6 Å². The van der Waals surface area contributed by atoms with E-state index in [0.29, 0.717) is 0 Å². The summed E-state index contributed by atoms with van der Waals surface area (Å²) >= 11 is 6.23. The molecule has 2 aliphatic carbocycles. The molecular weight excluding hydrogens is 481 g/mol. The molecule has 0 radical (unpaired) electrons. The zero-order valence-corrected chi connectivity index (χ0v) is 19.5. The number of anilines is 1. The van der Waals surface area contributed by atoms with Gasteiger partial charge in [0.15, 0.2) is 11.8 Å². The molecule has 2 aliphatic rings. The largest absolute Gasteiger partial charge is 0.509 e. The number of aromatic nitrogens is 2. The van der Waals surface area contributed by atoms with E-state index in [-0.39, 0.29) is 33.6 Å². The van der Waals surface area contributed by atoms with Crippen molar-refractivity contribution in [1.82, 2.24) is 9.97 Å². The fourth-order valence-electron chi connectivity index (χ4n) is 4.99. The minimum absolute atomic E-state index is 0.0159. The van der Waals surface area contributed by atoms with Crippen LogP contribution >= 0.6 is 11.6 Å². The van der Waals surface area contributed by atoms with E-state index >= 15 is 0 Å². The molecule has 184 valence electrons. The van der Waals surface area contributed by atoms with Crippen molar-refractivity contribution in [2.75, 3.05) is 5.32 Å². The lowest BCUT2D eigenvalue weighted by molar-refractivity contribution is -0.273. The van der Waals surface area contributed by atoms with Crippen molar-refractivity contribution in [1.29, 1.82) is 0 Å². The average molecular weight is 504 g/mol. The van der Waals surface area contributed by atoms with Crippen LogP contribution in [-0.2, 0) is 0 Å². The maximum absolute atomic E-state index is 14.9. The van der Waals surface area contributed by atoms with Crippen molar-refractivity contribution >= 4 is 28.2 Å². The number of hydrogen-bond acceptors (Lipinski definition) is 5. The number of fused-ring (bicyclic) bond motifs is 2. The fraction of sp³-hybridized carbons (Fsp3) is 0.478. The highest BCUT2D eigenvalue weighted by atomic mass is 35.5. The van der Waals surface area contributed by atoms with Gasteiger partial charge in [-0.3, -0.25) is 0 Å². The first kappa shape index (κ1) is 24.7. The van der Waals surface area contributed by atoms with Gasteiger partial charge in [-0.15, -0.1) is 11.6 Å². The summed E-state index contributed by atoms with van der Waals surface area (Å²) < 4.78 is 72.4. The summed E-state index contributed by atoms with van der Waals surface area (Å²) in [6.45, 7) is 5.51. The van der Waals surface area contributed by atoms with Gasteiger partial charge in [-0.1, -0.05) is 19.9 Å². The number of hydrogen-bond donors (Lipinski definition) is 3. The maximum Gasteiger partial charge on any atom is 0.419 e. The number of alkyl halides is 5. The van der Waals surface area contributed by atoms with Gasteiger partial charge in [0, 0.05) is 22.8 Å². The maximum atomic E-state index is 14.9. The third-order valence-electron chi connectivity index (χ3n) is 6.51. The van der Waals surface area contributed by atoms with E-state index in [0.717, 1.165) is 12.1 Å². The summed E-state index contributed by atoms with van der Waals surface area (Å²) in [7, 11) is 0. The smallest absolute Gasteiger partial charge is 0.419 e. The van der Waals surface area contributed by atoms with Crippen molar-refractivity contribution < 1.29 is 32.2 Å². The van der Waals surface area contributed by atoms with Crippen molar-refractivity contribution in [3.63, 3.8) is 0 Å². The topological polar surface area (TPSA) is 78.3 Å². The molecule has 1 heterocycles. The Kier molecular flexibility index (Phi) is 5.45. The molecule has 0 amide bonds. The van der Waals surface area contributed by atoms with Gasteiger partial charge >= 0.3 is 6.18 Å². The first-order valence-corrected chi connectivity index (χ1v) is 10.8. The lowest BCUT2D eigenvalue weighted by Crippen LogP contribution is -2.64. The number of nitrogens with one attached hydrogen (secondary N) is 1. The van der Waals surface area contributed by atoms with Gasteiger partial charge in [0.1, 0.15) is 22.9 Å². The van der Waals surface area contributed by atoms with Crippen LogP contribution in [0.4, 0.5) is 27.6 Å². The summed E-state index contributed by atoms with van der Waals surface area (Å²) in [5.74, 6) is -1.23. The van der Waals surface area contributed by atoms with Gasteiger partial charge in [-0.05, 0) is 43.4 Å². The molecule has 0 bridgehead atoms. The van der Waals surface area contributed by atoms with Crippen LogP contribution in [0, 0.1) is 18.2 Å². The molecule has 0 spiro atoms. The molecular formula is C23H23ClF5N3O2. The standard InChI is InChI=1S/C23H23ClF5N3O2/c1-10-30-8-12-14(6-5-13(25)16(12)31-10)32-19-11-7-21(4,24)18(26)17(33)15(11)20(2,3)9-22(19,34)23(27,28)29/h5-8,18-19,32-34H,9H2,1-4H3. The molecule has 4 atom stereocenters. The summed E-state index contributed by atoms with van der Waals surface area (Å²) in [5.41, 5.74) is -5.16. The molecule has 2 aromatic rings. The summed E-state index contributed by atoms with van der Waals surface area (Å²) in [6, 6.07) is 0.332. The van der Waals surface area contributed by atoms with Crippen LogP contribution in [0.15, 0.2) is 41.3 Å². The van der Waals surface area contributed by atoms with Crippen molar-refractivity contribution in [3.05, 3.63) is 53.0 Å². The van der Waals surface area contributed by atoms with Crippen molar-refractivity contribution in [3.8, 4) is 0 Å². The van der Waals surface area contributed by atoms with Gasteiger partial charge in [0.05, 0.1) is 10.9 Å². The minimum atomic E-state index is -5.12. The molecule has 1 saturated carbocycles. The number of aliphatic hydroxyl groups is 2. The number of allylic oxidation sites excluding steroid dienone is 2. The zero-order chi connectivity index (χ0) is 25.4. The highest BCUT2D eigenvalue weighted by molar-refractivity contribution is 6.26. The second kappa shape index (κ2) is 7.52. The van der Waals surface area contributed by atoms with Crippen LogP contribution in [0.1, 0.15) is 33.0 Å². The molecule has 1 aromatic carbocycles. The third kappa shape index (κ3) is 3.62. The number of halogens is 6. The molecule has 0 aliphatic heterocycles. The fourth-order valence-corrected chi connectivity index (χ4v) is 5.22. The normalized spacial score (nSPS) is 31.3. The molecule has 4 unspecified atom stereocenters. The predicted molar refractivity (Wildman–Crippen MR) is 118 cm³/mol. The van der Waals surface area contributed by atoms with Crippen LogP contribution in [0.3, 0.4) is 0 Å². The first-order chi connectivity index (χ1) is 15.5. The van der Waals surface area contributed by atoms with Crippen LogP contribution in [0.2, 0.25) is 0 Å². The van der Waals surface area contributed by atoms with Gasteiger partial charge in [-0.25, -0.2) is 18.7 Å². The molecule has 4 rings (SSSR count). The molecule has 34 heavy (non-hydrogen) atoms. The quantitative estimate of drug-likeness (QED) is 0.363. The van der Waals surface area contributed by atoms with Crippen molar-refractivity contribution in [2.45, 2.75) is 63.0 Å². The van der Waals surface area contributed by atoms with Crippen LogP contribution in [0.5, 0.6) is 0 Å². The number of rotatable bonds is 2. The van der Waals surface area contributed by atoms with E-state index < -0.39 is 52.3 Å². The van der Waals surface area contributed by atoms with E-state index in [1.165, 1.54) is 40.0 Å². The third-order valence-corrected chi connectivity index (χ3v) is 6.81. The molecule has 11 heteroatoms. The van der Waals surface area contributed by atoms with E-state index in [2.05, 4.69) is 15.3 Å². The lowest BCUT2D eigenvalue weighted by atomic mass is 9.59. The molecule has 1 fully saturated rings. The minimum Gasteiger partial charge on any atom is -0.509 e. The number of aryl methyl sites for hydroxylation is 1. The number of nitrogens with zero attached hydrogens (tertiary/aromatic N) is 2. The lowest BCUT2D eigenvalue weighted by Gasteiger charge is -2.52. The Morgan fingerprint density at radius 2 is 1.85 bits per heavy atom. The Morgan fingerprint density at radius 1 is 1.21 bits per heavy atom. The average Bonchev–Trinajstić information content (AvgIpc) is 2.69. The van der Waals surface area contributed by atoms with Crippen LogP contribution in [-0.4, -0.2) is 49.0 Å². The summed E-state index contributed by atoms with van der Waals surface area (Å²) in [5, 5.41) is 24.5. The van der Waals surface area contributed by atoms with Gasteiger partial charge in [-0.2, -0.15) is 13.2 Å². The van der Waals surface area contributed by atoms with E-state index in [1.807, 2.05) is 0 Å². The molecule has 0 saturated heterocycles. The second-order valence-corrected chi connectivity index (χ2v) is 10.5. The summed E-state index contributed by atoms with van der Waals surface area (Å²) in [4.78, 5) is 6.15. The Morgan fingerprint density at radius 3 is 2.47 bits per heavy atom. The van der Waals surface area contributed by atoms with E-state index in [1.54, 1.807) is 0 Å². The predicted octanol–water partition coefficient (Wildman–Crippen LogP) is 5.67. The van der Waals surface area contributed by atoms with Crippen LogP contribution < -0.4 is 5.32 Å². The Hall–Kier alpha value is -2.46. The van der Waals surface area contributed by atoms with Crippen LogP contribution in [0.25, 0.3) is 10.9 Å². The highest BCUT2D eigenvalue weighted by Gasteiger charge is 2.66. The van der Waals surface area contributed by atoms with Gasteiger partial charge in [0.2, 0.25) is 0 Å². The second-order valence-electron chi connectivity index (χ2n) is 9.71. The Bertz CT molecular complexity index is 1240.